The molecule has 4 heterocycles. The number of fused-ring (bicyclic) bond motifs is 1. The topological polar surface area (TPSA) is 49.6 Å². The van der Waals surface area contributed by atoms with E-state index in [2.05, 4.69) is 41.1 Å². The molecular weight excluding hydrogens is 380 g/mol. The van der Waals surface area contributed by atoms with E-state index in [-0.39, 0.29) is 5.41 Å². The molecule has 3 aromatic heterocycles. The minimum atomic E-state index is -0.00133. The molecule has 27 heavy (non-hydrogen) atoms. The lowest BCUT2D eigenvalue weighted by atomic mass is 9.96. The van der Waals surface area contributed by atoms with E-state index >= 15 is 0 Å². The monoisotopic (exact) mass is 404 g/mol. The summed E-state index contributed by atoms with van der Waals surface area (Å²) in [5.74, 6) is 0.937. The van der Waals surface area contributed by atoms with E-state index in [0.717, 1.165) is 66.5 Å². The van der Waals surface area contributed by atoms with Gasteiger partial charge in [0, 0.05) is 62.1 Å². The highest BCUT2D eigenvalue weighted by Gasteiger charge is 2.23. The van der Waals surface area contributed by atoms with Gasteiger partial charge in [-0.3, -0.25) is 4.90 Å². The number of pyridine rings is 1. The molecule has 8 heteroatoms. The molecule has 4 rings (SSSR count). The summed E-state index contributed by atoms with van der Waals surface area (Å²) in [6, 6.07) is 3.84. The van der Waals surface area contributed by atoms with Gasteiger partial charge >= 0.3 is 0 Å². The lowest BCUT2D eigenvalue weighted by Crippen LogP contribution is -2.30. The smallest absolute Gasteiger partial charge is 0.205 e. The third-order valence-corrected chi connectivity index (χ3v) is 5.80. The van der Waals surface area contributed by atoms with Gasteiger partial charge in [0.25, 0.3) is 0 Å². The van der Waals surface area contributed by atoms with Crippen molar-refractivity contribution in [2.45, 2.75) is 39.2 Å². The summed E-state index contributed by atoms with van der Waals surface area (Å²) in [5, 5.41) is 1.77. The fourth-order valence-electron chi connectivity index (χ4n) is 3.29. The van der Waals surface area contributed by atoms with Crippen molar-refractivity contribution < 1.29 is 0 Å². The predicted octanol–water partition coefficient (Wildman–Crippen LogP) is 3.85. The maximum atomic E-state index is 6.07. The van der Waals surface area contributed by atoms with Crippen LogP contribution in [0.2, 0.25) is 5.02 Å². The van der Waals surface area contributed by atoms with Crippen LogP contribution in [-0.4, -0.2) is 49.8 Å². The van der Waals surface area contributed by atoms with E-state index in [9.17, 15) is 0 Å². The minimum absolute atomic E-state index is 0.00133. The zero-order valence-electron chi connectivity index (χ0n) is 16.0. The highest BCUT2D eigenvalue weighted by molar-refractivity contribution is 7.09. The molecule has 0 aliphatic carbocycles. The summed E-state index contributed by atoms with van der Waals surface area (Å²) in [5.41, 5.74) is 2.02. The zero-order chi connectivity index (χ0) is 19.0. The quantitative estimate of drug-likeness (QED) is 0.663. The Kier molecular flexibility index (Phi) is 5.09. The Morgan fingerprint density at radius 1 is 1.07 bits per heavy atom. The Balaban J connectivity index is 1.41. The van der Waals surface area contributed by atoms with Crippen LogP contribution in [-0.2, 0) is 12.0 Å². The summed E-state index contributed by atoms with van der Waals surface area (Å²) in [4.78, 5) is 14.3. The zero-order valence-corrected chi connectivity index (χ0v) is 17.6. The largest absolute Gasteiger partial charge is 0.346 e. The average Bonchev–Trinajstić information content (AvgIpc) is 3.17. The molecule has 0 saturated carbocycles. The maximum absolute atomic E-state index is 6.07. The summed E-state index contributed by atoms with van der Waals surface area (Å²) < 4.78 is 6.56. The SMILES string of the molecule is CC(C)(C)c1nsc(N2CCCN(Cc3cn4cc(Cl)ccc4n3)CC2)n1. The van der Waals surface area contributed by atoms with Crippen molar-refractivity contribution in [2.24, 2.45) is 0 Å². The third-order valence-electron chi connectivity index (χ3n) is 4.80. The number of hydrogen-bond donors (Lipinski definition) is 0. The van der Waals surface area contributed by atoms with E-state index in [1.807, 2.05) is 22.7 Å². The van der Waals surface area contributed by atoms with Gasteiger partial charge in [-0.05, 0) is 18.6 Å². The van der Waals surface area contributed by atoms with Gasteiger partial charge in [0.15, 0.2) is 0 Å². The Hall–Kier alpha value is -1.70. The molecule has 0 atom stereocenters. The van der Waals surface area contributed by atoms with Gasteiger partial charge in [0.1, 0.15) is 11.5 Å². The van der Waals surface area contributed by atoms with Crippen molar-refractivity contribution in [3.05, 3.63) is 41.1 Å². The van der Waals surface area contributed by atoms with Crippen LogP contribution in [0.5, 0.6) is 0 Å². The van der Waals surface area contributed by atoms with E-state index in [1.54, 1.807) is 0 Å². The maximum Gasteiger partial charge on any atom is 0.205 e. The fourth-order valence-corrected chi connectivity index (χ4v) is 4.37. The molecule has 1 aliphatic rings. The van der Waals surface area contributed by atoms with Gasteiger partial charge in [-0.25, -0.2) is 9.97 Å². The van der Waals surface area contributed by atoms with Crippen molar-refractivity contribution in [3.8, 4) is 0 Å². The first-order valence-electron chi connectivity index (χ1n) is 9.33. The number of anilines is 1. The van der Waals surface area contributed by atoms with E-state index in [1.165, 1.54) is 11.5 Å². The Morgan fingerprint density at radius 3 is 2.70 bits per heavy atom. The molecule has 0 unspecified atom stereocenters. The van der Waals surface area contributed by atoms with Crippen molar-refractivity contribution in [1.29, 1.82) is 0 Å². The number of hydrogen-bond acceptors (Lipinski definition) is 6. The van der Waals surface area contributed by atoms with Gasteiger partial charge in [0.2, 0.25) is 5.13 Å². The highest BCUT2D eigenvalue weighted by atomic mass is 35.5. The average molecular weight is 405 g/mol. The van der Waals surface area contributed by atoms with Crippen LogP contribution < -0.4 is 4.90 Å². The standard InChI is InChI=1S/C19H25ClN6S/c1-19(2,3)17-22-18(27-23-17)25-8-4-7-24(9-10-25)12-15-13-26-11-14(20)5-6-16(26)21-15/h5-6,11,13H,4,7-10,12H2,1-3H3. The summed E-state index contributed by atoms with van der Waals surface area (Å²) in [6.45, 7) is 11.4. The molecular formula is C19H25ClN6S. The molecule has 144 valence electrons. The van der Waals surface area contributed by atoms with Crippen LogP contribution in [0.4, 0.5) is 5.13 Å². The van der Waals surface area contributed by atoms with Crippen LogP contribution in [0.15, 0.2) is 24.5 Å². The van der Waals surface area contributed by atoms with Crippen LogP contribution in [0.1, 0.15) is 38.7 Å². The third kappa shape index (κ3) is 4.25. The molecule has 0 amide bonds. The molecule has 0 bridgehead atoms. The molecule has 1 fully saturated rings. The van der Waals surface area contributed by atoms with Gasteiger partial charge in [-0.1, -0.05) is 32.4 Å². The fraction of sp³-hybridized carbons (Fsp3) is 0.526. The van der Waals surface area contributed by atoms with Crippen LogP contribution in [0.25, 0.3) is 5.65 Å². The molecule has 1 aliphatic heterocycles. The molecule has 0 spiro atoms. The first kappa shape index (κ1) is 18.7. The van der Waals surface area contributed by atoms with Gasteiger partial charge in [0.05, 0.1) is 10.7 Å². The van der Waals surface area contributed by atoms with E-state index in [4.69, 9.17) is 21.6 Å². The van der Waals surface area contributed by atoms with Gasteiger partial charge in [-0.15, -0.1) is 0 Å². The second-order valence-electron chi connectivity index (χ2n) is 8.11. The van der Waals surface area contributed by atoms with E-state index < -0.39 is 0 Å². The summed E-state index contributed by atoms with van der Waals surface area (Å²) in [6.07, 6.45) is 5.09. The number of aromatic nitrogens is 4. The van der Waals surface area contributed by atoms with Crippen molar-refractivity contribution in [2.75, 3.05) is 31.1 Å². The van der Waals surface area contributed by atoms with Crippen LogP contribution in [0.3, 0.4) is 0 Å². The van der Waals surface area contributed by atoms with Gasteiger partial charge in [-0.2, -0.15) is 4.37 Å². The Morgan fingerprint density at radius 2 is 1.93 bits per heavy atom. The molecule has 1 saturated heterocycles. The summed E-state index contributed by atoms with van der Waals surface area (Å²) in [7, 11) is 0. The number of nitrogens with zero attached hydrogens (tertiary/aromatic N) is 6. The normalized spacial score (nSPS) is 16.8. The lowest BCUT2D eigenvalue weighted by Gasteiger charge is -2.20. The molecule has 3 aromatic rings. The van der Waals surface area contributed by atoms with Gasteiger partial charge < -0.3 is 9.30 Å². The van der Waals surface area contributed by atoms with Crippen molar-refractivity contribution in [3.63, 3.8) is 0 Å². The predicted molar refractivity (Wildman–Crippen MR) is 111 cm³/mol. The van der Waals surface area contributed by atoms with Crippen LogP contribution >= 0.6 is 23.1 Å². The van der Waals surface area contributed by atoms with Crippen LogP contribution in [0, 0.1) is 0 Å². The Labute approximate surface area is 169 Å². The van der Waals surface area contributed by atoms with Crippen molar-refractivity contribution in [1.82, 2.24) is 23.6 Å². The minimum Gasteiger partial charge on any atom is -0.346 e. The lowest BCUT2D eigenvalue weighted by molar-refractivity contribution is 0.282. The molecule has 0 radical (unpaired) electrons. The highest BCUT2D eigenvalue weighted by Crippen LogP contribution is 2.26. The molecule has 0 aromatic carbocycles. The first-order chi connectivity index (χ1) is 12.9. The molecule has 0 N–H and O–H groups in total. The van der Waals surface area contributed by atoms with E-state index in [0.29, 0.717) is 0 Å². The second-order valence-corrected chi connectivity index (χ2v) is 9.28. The number of halogens is 1. The first-order valence-corrected chi connectivity index (χ1v) is 10.5. The number of rotatable bonds is 3. The Bertz CT molecular complexity index is 928. The summed E-state index contributed by atoms with van der Waals surface area (Å²) >= 11 is 7.59. The second kappa shape index (κ2) is 7.37. The van der Waals surface area contributed by atoms with Crippen molar-refractivity contribution >= 4 is 33.9 Å². The molecule has 6 nitrogen and oxygen atoms in total. The number of imidazole rings is 1.